The van der Waals surface area contributed by atoms with E-state index in [-0.39, 0.29) is 11.5 Å². The molecule has 2 rings (SSSR count). The first-order valence-electron chi connectivity index (χ1n) is 6.28. The van der Waals surface area contributed by atoms with Crippen LogP contribution in [0.2, 0.25) is 10.0 Å². The Bertz CT molecular complexity index is 424. The Kier molecular flexibility index (Phi) is 4.54. The van der Waals surface area contributed by atoms with Crippen LogP contribution in [0.3, 0.4) is 0 Å². The zero-order valence-electron chi connectivity index (χ0n) is 10.8. The Morgan fingerprint density at radius 1 is 1.44 bits per heavy atom. The third kappa shape index (κ3) is 2.67. The molecule has 18 heavy (non-hydrogen) atoms. The van der Waals surface area contributed by atoms with Gasteiger partial charge in [-0.2, -0.15) is 0 Å². The molecule has 2 unspecified atom stereocenters. The van der Waals surface area contributed by atoms with Crippen molar-refractivity contribution >= 4 is 23.2 Å². The maximum Gasteiger partial charge on any atom is 0.0624 e. The summed E-state index contributed by atoms with van der Waals surface area (Å²) in [5.74, 6) is 0. The van der Waals surface area contributed by atoms with Crippen molar-refractivity contribution in [2.75, 3.05) is 20.2 Å². The summed E-state index contributed by atoms with van der Waals surface area (Å²) in [7, 11) is 1.98. The zero-order valence-corrected chi connectivity index (χ0v) is 12.3. The summed E-state index contributed by atoms with van der Waals surface area (Å²) in [5, 5.41) is 4.58. The fraction of sp³-hybridized carbons (Fsp3) is 0.571. The first-order valence-corrected chi connectivity index (χ1v) is 7.04. The van der Waals surface area contributed by atoms with Crippen LogP contribution in [0, 0.1) is 5.41 Å². The Labute approximate surface area is 119 Å². The minimum Gasteiger partial charge on any atom is -0.378 e. The molecule has 0 amide bonds. The maximum absolute atomic E-state index is 6.29. The van der Waals surface area contributed by atoms with Gasteiger partial charge in [-0.15, -0.1) is 0 Å². The predicted molar refractivity (Wildman–Crippen MR) is 76.6 cm³/mol. The summed E-state index contributed by atoms with van der Waals surface area (Å²) in [6.45, 7) is 3.89. The summed E-state index contributed by atoms with van der Waals surface area (Å²) < 4.78 is 5.75. The second-order valence-corrected chi connectivity index (χ2v) is 5.83. The Morgan fingerprint density at radius 3 is 2.83 bits per heavy atom. The summed E-state index contributed by atoms with van der Waals surface area (Å²) in [4.78, 5) is 0. The molecule has 2 nitrogen and oxygen atoms in total. The van der Waals surface area contributed by atoms with Crippen LogP contribution >= 0.6 is 23.2 Å². The Hall–Kier alpha value is -0.280. The average molecular weight is 288 g/mol. The number of benzene rings is 1. The van der Waals surface area contributed by atoms with Crippen molar-refractivity contribution < 1.29 is 4.74 Å². The fourth-order valence-corrected chi connectivity index (χ4v) is 3.15. The monoisotopic (exact) mass is 287 g/mol. The van der Waals surface area contributed by atoms with Gasteiger partial charge in [-0.25, -0.2) is 0 Å². The number of hydrogen-bond acceptors (Lipinski definition) is 2. The van der Waals surface area contributed by atoms with Gasteiger partial charge in [-0.1, -0.05) is 35.3 Å². The quantitative estimate of drug-likeness (QED) is 0.914. The minimum atomic E-state index is 0.114. The largest absolute Gasteiger partial charge is 0.378 e. The standard InChI is InChI=1S/C14H19Cl2NO/c1-10-14(9-17-2,6-7-18-10)8-11-4-3-5-12(15)13(11)16/h3-5,10,17H,6-9H2,1-2H3. The molecule has 0 aromatic heterocycles. The second kappa shape index (κ2) is 5.79. The van der Waals surface area contributed by atoms with Crippen molar-refractivity contribution in [2.45, 2.75) is 25.9 Å². The molecule has 100 valence electrons. The molecule has 1 N–H and O–H groups in total. The van der Waals surface area contributed by atoms with E-state index in [9.17, 15) is 0 Å². The number of rotatable bonds is 4. The van der Waals surface area contributed by atoms with Crippen molar-refractivity contribution in [2.24, 2.45) is 5.41 Å². The fourth-order valence-electron chi connectivity index (χ4n) is 2.76. The number of hydrogen-bond donors (Lipinski definition) is 1. The van der Waals surface area contributed by atoms with Crippen molar-refractivity contribution in [3.05, 3.63) is 33.8 Å². The maximum atomic E-state index is 6.29. The van der Waals surface area contributed by atoms with Gasteiger partial charge in [0.15, 0.2) is 0 Å². The van der Waals surface area contributed by atoms with Crippen LogP contribution in [0.4, 0.5) is 0 Å². The minimum absolute atomic E-state index is 0.114. The smallest absolute Gasteiger partial charge is 0.0624 e. The molecule has 1 aromatic carbocycles. The van der Waals surface area contributed by atoms with Gasteiger partial charge in [0, 0.05) is 18.6 Å². The first-order chi connectivity index (χ1) is 8.59. The van der Waals surface area contributed by atoms with Gasteiger partial charge in [-0.3, -0.25) is 0 Å². The molecule has 2 atom stereocenters. The number of nitrogens with one attached hydrogen (secondary N) is 1. The molecule has 0 bridgehead atoms. The van der Waals surface area contributed by atoms with Crippen LogP contribution in [-0.2, 0) is 11.2 Å². The Morgan fingerprint density at radius 2 is 2.22 bits per heavy atom. The van der Waals surface area contributed by atoms with Crippen molar-refractivity contribution in [1.29, 1.82) is 0 Å². The van der Waals surface area contributed by atoms with E-state index < -0.39 is 0 Å². The lowest BCUT2D eigenvalue weighted by Gasteiger charge is -2.32. The van der Waals surface area contributed by atoms with Crippen molar-refractivity contribution in [1.82, 2.24) is 5.32 Å². The van der Waals surface area contributed by atoms with E-state index in [0.717, 1.165) is 31.6 Å². The van der Waals surface area contributed by atoms with E-state index in [1.807, 2.05) is 19.2 Å². The lowest BCUT2D eigenvalue weighted by atomic mass is 9.76. The summed E-state index contributed by atoms with van der Waals surface area (Å²) in [6, 6.07) is 5.83. The molecule has 0 saturated carbocycles. The number of halogens is 2. The molecule has 1 heterocycles. The summed E-state index contributed by atoms with van der Waals surface area (Å²) in [5.41, 5.74) is 1.22. The highest BCUT2D eigenvalue weighted by Gasteiger charge is 2.41. The predicted octanol–water partition coefficient (Wildman–Crippen LogP) is 3.55. The van der Waals surface area contributed by atoms with Crippen LogP contribution in [0.25, 0.3) is 0 Å². The van der Waals surface area contributed by atoms with E-state index in [0.29, 0.717) is 10.0 Å². The van der Waals surface area contributed by atoms with Gasteiger partial charge in [0.2, 0.25) is 0 Å². The molecule has 4 heteroatoms. The van der Waals surface area contributed by atoms with Gasteiger partial charge in [0.05, 0.1) is 16.1 Å². The zero-order chi connectivity index (χ0) is 13.2. The molecule has 1 aliphatic heterocycles. The third-order valence-corrected chi connectivity index (χ3v) is 4.79. The lowest BCUT2D eigenvalue weighted by Crippen LogP contribution is -2.40. The molecule has 0 aliphatic carbocycles. The van der Waals surface area contributed by atoms with Crippen LogP contribution in [-0.4, -0.2) is 26.3 Å². The van der Waals surface area contributed by atoms with Crippen molar-refractivity contribution in [3.63, 3.8) is 0 Å². The van der Waals surface area contributed by atoms with Gasteiger partial charge in [0.25, 0.3) is 0 Å². The lowest BCUT2D eigenvalue weighted by molar-refractivity contribution is 0.0640. The highest BCUT2D eigenvalue weighted by atomic mass is 35.5. The third-order valence-electron chi connectivity index (χ3n) is 3.93. The van der Waals surface area contributed by atoms with Gasteiger partial charge in [-0.05, 0) is 38.4 Å². The van der Waals surface area contributed by atoms with E-state index >= 15 is 0 Å². The normalized spacial score (nSPS) is 27.7. The molecule has 0 radical (unpaired) electrons. The second-order valence-electron chi connectivity index (χ2n) is 5.05. The highest BCUT2D eigenvalue weighted by Crippen LogP contribution is 2.40. The highest BCUT2D eigenvalue weighted by molar-refractivity contribution is 6.42. The van der Waals surface area contributed by atoms with Crippen LogP contribution in [0.15, 0.2) is 18.2 Å². The molecule has 0 spiro atoms. The average Bonchev–Trinajstić information content (AvgIpc) is 2.68. The van der Waals surface area contributed by atoms with Gasteiger partial charge in [0.1, 0.15) is 0 Å². The molecular weight excluding hydrogens is 269 g/mol. The summed E-state index contributed by atoms with van der Waals surface area (Å²) in [6.07, 6.45) is 2.19. The number of ether oxygens (including phenoxy) is 1. The van der Waals surface area contributed by atoms with Crippen LogP contribution in [0.1, 0.15) is 18.9 Å². The van der Waals surface area contributed by atoms with Gasteiger partial charge < -0.3 is 10.1 Å². The Balaban J connectivity index is 2.26. The van der Waals surface area contributed by atoms with Crippen molar-refractivity contribution in [3.8, 4) is 0 Å². The summed E-state index contributed by atoms with van der Waals surface area (Å²) >= 11 is 12.4. The molecule has 1 aliphatic rings. The van der Waals surface area contributed by atoms with E-state index in [4.69, 9.17) is 27.9 Å². The van der Waals surface area contributed by atoms with E-state index in [2.05, 4.69) is 18.3 Å². The van der Waals surface area contributed by atoms with E-state index in [1.54, 1.807) is 0 Å². The SMILES string of the molecule is CNCC1(Cc2cccc(Cl)c2Cl)CCOC1C. The molecule has 1 fully saturated rings. The topological polar surface area (TPSA) is 21.3 Å². The van der Waals surface area contributed by atoms with Crippen LogP contribution in [0.5, 0.6) is 0 Å². The molecule has 1 saturated heterocycles. The molecule has 1 aromatic rings. The first kappa shape index (κ1) is 14.1. The van der Waals surface area contributed by atoms with E-state index in [1.165, 1.54) is 0 Å². The molecular formula is C14H19Cl2NO. The van der Waals surface area contributed by atoms with Gasteiger partial charge >= 0.3 is 0 Å². The van der Waals surface area contributed by atoms with Crippen LogP contribution < -0.4 is 5.32 Å².